The van der Waals surface area contributed by atoms with Gasteiger partial charge in [0.15, 0.2) is 0 Å². The van der Waals surface area contributed by atoms with Crippen LogP contribution in [0.5, 0.6) is 0 Å². The third-order valence-corrected chi connectivity index (χ3v) is 1.60. The van der Waals surface area contributed by atoms with Gasteiger partial charge in [-0.15, -0.1) is 0 Å². The van der Waals surface area contributed by atoms with Crippen molar-refractivity contribution in [2.75, 3.05) is 0 Å². The second-order valence-electron chi connectivity index (χ2n) is 1.66. The summed E-state index contributed by atoms with van der Waals surface area (Å²) in [6, 6.07) is 3.08. The molecule has 3 nitrogen and oxygen atoms in total. The van der Waals surface area contributed by atoms with Crippen LogP contribution >= 0.6 is 22.6 Å². The number of pyridine rings is 1. The van der Waals surface area contributed by atoms with Crippen molar-refractivity contribution in [1.82, 2.24) is 4.98 Å². The van der Waals surface area contributed by atoms with Gasteiger partial charge < -0.3 is 9.90 Å². The van der Waals surface area contributed by atoms with Crippen LogP contribution in [0.15, 0.2) is 18.3 Å². The van der Waals surface area contributed by atoms with Gasteiger partial charge in [-0.05, 0) is 34.7 Å². The van der Waals surface area contributed by atoms with Crippen LogP contribution in [0.2, 0.25) is 0 Å². The molecule has 0 aliphatic heterocycles. The molecule has 0 saturated heterocycles. The predicted octanol–water partition coefficient (Wildman–Crippen LogP) is 0.0497. The lowest BCUT2D eigenvalue weighted by molar-refractivity contribution is -0.255. The summed E-state index contributed by atoms with van der Waals surface area (Å²) in [6.45, 7) is 0. The van der Waals surface area contributed by atoms with E-state index >= 15 is 0 Å². The smallest absolute Gasteiger partial charge is 0.101 e. The van der Waals surface area contributed by atoms with Crippen LogP contribution in [-0.4, -0.2) is 11.0 Å². The van der Waals surface area contributed by atoms with Crippen molar-refractivity contribution in [2.24, 2.45) is 0 Å². The highest BCUT2D eigenvalue weighted by Crippen LogP contribution is 2.00. The van der Waals surface area contributed by atoms with E-state index in [1.807, 2.05) is 22.6 Å². The fourth-order valence-corrected chi connectivity index (χ4v) is 0.816. The molecule has 0 N–H and O–H groups in total. The Hall–Kier alpha value is -0.650. The summed E-state index contributed by atoms with van der Waals surface area (Å²) in [4.78, 5) is 13.9. The van der Waals surface area contributed by atoms with Gasteiger partial charge in [-0.25, -0.2) is 4.98 Å². The number of rotatable bonds is 1. The first kappa shape index (κ1) is 7.46. The highest BCUT2D eigenvalue weighted by molar-refractivity contribution is 14.1. The van der Waals surface area contributed by atoms with Crippen LogP contribution in [-0.2, 0) is 0 Å². The molecule has 0 aliphatic carbocycles. The molecule has 4 heteroatoms. The second-order valence-corrected chi connectivity index (χ2v) is 2.76. The van der Waals surface area contributed by atoms with Gasteiger partial charge >= 0.3 is 0 Å². The van der Waals surface area contributed by atoms with Gasteiger partial charge in [-0.2, -0.15) is 0 Å². The highest BCUT2D eigenvalue weighted by atomic mass is 127. The number of nitrogens with zero attached hydrogens (tertiary/aromatic N) is 1. The normalized spacial score (nSPS) is 9.30. The van der Waals surface area contributed by atoms with E-state index in [2.05, 4.69) is 4.98 Å². The molecule has 0 saturated carbocycles. The van der Waals surface area contributed by atoms with Gasteiger partial charge in [-0.1, -0.05) is 0 Å². The minimum atomic E-state index is -1.19. The van der Waals surface area contributed by atoms with E-state index in [0.29, 0.717) is 0 Å². The van der Waals surface area contributed by atoms with Gasteiger partial charge in [0.05, 0.1) is 5.97 Å². The Morgan fingerprint density at radius 2 is 2.30 bits per heavy atom. The summed E-state index contributed by atoms with van der Waals surface area (Å²) >= 11 is 2.00. The Kier molecular flexibility index (Phi) is 2.21. The number of hydrogen-bond donors (Lipinski definition) is 0. The molecule has 1 aromatic rings. The van der Waals surface area contributed by atoms with E-state index in [1.165, 1.54) is 12.3 Å². The molecule has 0 atom stereocenters. The van der Waals surface area contributed by atoms with Gasteiger partial charge in [0.1, 0.15) is 3.70 Å². The summed E-state index contributed by atoms with van der Waals surface area (Å²) in [6.07, 6.45) is 1.27. The Morgan fingerprint density at radius 3 is 2.70 bits per heavy atom. The number of hydrogen-bond acceptors (Lipinski definition) is 3. The van der Waals surface area contributed by atoms with Gasteiger partial charge in [0, 0.05) is 11.8 Å². The first-order valence-electron chi connectivity index (χ1n) is 2.53. The van der Waals surface area contributed by atoms with Crippen molar-refractivity contribution in [3.63, 3.8) is 0 Å². The third kappa shape index (κ3) is 1.66. The number of aromatic nitrogens is 1. The molecule has 0 aliphatic rings. The van der Waals surface area contributed by atoms with Crippen molar-refractivity contribution >= 4 is 28.6 Å². The zero-order valence-electron chi connectivity index (χ0n) is 4.87. The summed E-state index contributed by atoms with van der Waals surface area (Å²) < 4.78 is 0.766. The van der Waals surface area contributed by atoms with E-state index in [0.717, 1.165) is 3.70 Å². The fraction of sp³-hybridized carbons (Fsp3) is 0. The molecule has 0 spiro atoms. The molecular weight excluding hydrogens is 245 g/mol. The third-order valence-electron chi connectivity index (χ3n) is 0.963. The zero-order valence-corrected chi connectivity index (χ0v) is 7.03. The average molecular weight is 248 g/mol. The fourth-order valence-electron chi connectivity index (χ4n) is 0.497. The minimum absolute atomic E-state index is 0.111. The Morgan fingerprint density at radius 1 is 1.60 bits per heavy atom. The zero-order chi connectivity index (χ0) is 7.56. The average Bonchev–Trinajstić information content (AvgIpc) is 1.88. The molecule has 0 amide bonds. The van der Waals surface area contributed by atoms with Crippen molar-refractivity contribution < 1.29 is 9.90 Å². The van der Waals surface area contributed by atoms with Crippen molar-refractivity contribution in [3.05, 3.63) is 27.6 Å². The van der Waals surface area contributed by atoms with E-state index in [9.17, 15) is 9.90 Å². The molecule has 0 aromatic carbocycles. The van der Waals surface area contributed by atoms with Crippen LogP contribution in [0.4, 0.5) is 0 Å². The Labute approximate surface area is 71.2 Å². The molecule has 0 unspecified atom stereocenters. The van der Waals surface area contributed by atoms with Gasteiger partial charge in [-0.3, -0.25) is 0 Å². The number of halogens is 1. The number of aromatic carboxylic acids is 1. The van der Waals surface area contributed by atoms with Crippen LogP contribution < -0.4 is 5.11 Å². The summed E-state index contributed by atoms with van der Waals surface area (Å²) in [7, 11) is 0. The number of carboxylic acids is 1. The molecule has 1 rings (SSSR count). The van der Waals surface area contributed by atoms with Crippen LogP contribution in [0, 0.1) is 3.70 Å². The van der Waals surface area contributed by atoms with E-state index in [-0.39, 0.29) is 5.56 Å². The van der Waals surface area contributed by atoms with Crippen LogP contribution in [0.1, 0.15) is 10.4 Å². The number of carbonyl (C=O) groups excluding carboxylic acids is 1. The number of carboxylic acid groups (broad SMARTS) is 1. The second kappa shape index (κ2) is 2.96. The largest absolute Gasteiger partial charge is 0.545 e. The van der Waals surface area contributed by atoms with Crippen LogP contribution in [0.3, 0.4) is 0 Å². The topological polar surface area (TPSA) is 53.0 Å². The molecule has 10 heavy (non-hydrogen) atoms. The Bertz CT molecular complexity index is 244. The van der Waals surface area contributed by atoms with Gasteiger partial charge in [0.2, 0.25) is 0 Å². The maximum Gasteiger partial charge on any atom is 0.101 e. The minimum Gasteiger partial charge on any atom is -0.545 e. The lowest BCUT2D eigenvalue weighted by Gasteiger charge is -1.98. The summed E-state index contributed by atoms with van der Waals surface area (Å²) in [5, 5.41) is 10.2. The van der Waals surface area contributed by atoms with E-state index < -0.39 is 5.97 Å². The maximum absolute atomic E-state index is 10.2. The van der Waals surface area contributed by atoms with Gasteiger partial charge in [0.25, 0.3) is 0 Å². The molecule has 0 fully saturated rings. The molecular formula is C6H3INO2-. The van der Waals surface area contributed by atoms with E-state index in [1.54, 1.807) is 6.07 Å². The molecule has 1 aromatic heterocycles. The molecule has 0 radical (unpaired) electrons. The van der Waals surface area contributed by atoms with Crippen molar-refractivity contribution in [1.29, 1.82) is 0 Å². The van der Waals surface area contributed by atoms with Crippen LogP contribution in [0.25, 0.3) is 0 Å². The first-order valence-corrected chi connectivity index (χ1v) is 3.61. The van der Waals surface area contributed by atoms with Crippen molar-refractivity contribution in [3.8, 4) is 0 Å². The maximum atomic E-state index is 10.2. The SMILES string of the molecule is O=C([O-])c1ccc(I)nc1. The summed E-state index contributed by atoms with van der Waals surface area (Å²) in [5.41, 5.74) is 0.111. The monoisotopic (exact) mass is 248 g/mol. The van der Waals surface area contributed by atoms with Crippen molar-refractivity contribution in [2.45, 2.75) is 0 Å². The first-order chi connectivity index (χ1) is 4.70. The predicted molar refractivity (Wildman–Crippen MR) is 41.3 cm³/mol. The standard InChI is InChI=1S/C6H4INO2/c7-5-2-1-4(3-8-5)6(9)10/h1-3H,(H,9,10)/p-1. The highest BCUT2D eigenvalue weighted by Gasteiger charge is 1.91. The molecule has 1 heterocycles. The molecule has 52 valence electrons. The Balaban J connectivity index is 3.00. The number of carbonyl (C=O) groups is 1. The lowest BCUT2D eigenvalue weighted by Crippen LogP contribution is -2.22. The summed E-state index contributed by atoms with van der Waals surface area (Å²) in [5.74, 6) is -1.19. The quantitative estimate of drug-likeness (QED) is 0.521. The molecule has 0 bridgehead atoms. The lowest BCUT2D eigenvalue weighted by atomic mass is 10.3. The van der Waals surface area contributed by atoms with E-state index in [4.69, 9.17) is 0 Å².